The van der Waals surface area contributed by atoms with Gasteiger partial charge in [0.25, 0.3) is 0 Å². The fourth-order valence-corrected chi connectivity index (χ4v) is 9.22. The van der Waals surface area contributed by atoms with E-state index in [-0.39, 0.29) is 5.97 Å². The van der Waals surface area contributed by atoms with E-state index < -0.39 is 0 Å². The highest BCUT2D eigenvalue weighted by Crippen LogP contribution is 2.42. The number of rotatable bonds is 5. The van der Waals surface area contributed by atoms with Crippen LogP contribution in [0.25, 0.3) is 20.9 Å². The number of piperidine rings is 2. The van der Waals surface area contributed by atoms with Crippen molar-refractivity contribution in [1.29, 1.82) is 0 Å². The lowest BCUT2D eigenvalue weighted by Crippen LogP contribution is -2.28. The number of thioether (sulfide) groups is 1. The van der Waals surface area contributed by atoms with Crippen molar-refractivity contribution in [3.63, 3.8) is 0 Å². The molecule has 2 saturated heterocycles. The van der Waals surface area contributed by atoms with Gasteiger partial charge in [-0.25, -0.2) is 9.37 Å². The quantitative estimate of drug-likeness (QED) is 0.142. The molecule has 0 radical (unpaired) electrons. The number of carbonyl (C=O) groups is 1. The summed E-state index contributed by atoms with van der Waals surface area (Å²) in [6, 6.07) is 25.3. The minimum absolute atomic E-state index is 0.314. The average molecular weight is 660 g/mol. The normalized spacial score (nSPS) is 18.6. The molecule has 0 spiro atoms. The van der Waals surface area contributed by atoms with Crippen molar-refractivity contribution in [2.24, 2.45) is 0 Å². The van der Waals surface area contributed by atoms with E-state index in [2.05, 4.69) is 70.2 Å². The SMILES string of the molecule is CCOC(=O)c1ccccc1C1=c2cc/c(=C3/C=CC(=[N+]4CCCCC4)S3)cc2Oc2cc(-c3ccc(N4CCCCC4)s3)ccc21. The molecule has 0 unspecified atom stereocenters. The summed E-state index contributed by atoms with van der Waals surface area (Å²) in [6.07, 6.45) is 12.2. The highest BCUT2D eigenvalue weighted by molar-refractivity contribution is 8.22. The van der Waals surface area contributed by atoms with Crippen molar-refractivity contribution in [1.82, 2.24) is 0 Å². The smallest absolute Gasteiger partial charge is 0.338 e. The van der Waals surface area contributed by atoms with E-state index >= 15 is 0 Å². The molecule has 0 bridgehead atoms. The number of anilines is 1. The maximum absolute atomic E-state index is 13.2. The van der Waals surface area contributed by atoms with E-state index in [9.17, 15) is 4.79 Å². The van der Waals surface area contributed by atoms with Crippen LogP contribution in [0.3, 0.4) is 0 Å². The Hall–Kier alpha value is -4.07. The van der Waals surface area contributed by atoms with Gasteiger partial charge >= 0.3 is 5.97 Å². The van der Waals surface area contributed by atoms with Crippen LogP contribution in [-0.2, 0) is 4.74 Å². The standard InChI is InChI=1S/C40H39N2O3S2/c1-2-44-40(43)30-12-6-5-11-29(30)39-31-15-13-27(35-17-19-37(46-35)41-21-7-3-8-22-41)25-33(31)45-34-26-28(14-16-32(34)39)36-18-20-38(47-36)42-23-9-4-10-24-42/h5-6,11-20,25-26H,2-4,7-10,21-24H2,1H3/q+1. The lowest BCUT2D eigenvalue weighted by molar-refractivity contribution is -0.534. The van der Waals surface area contributed by atoms with Gasteiger partial charge in [0.05, 0.1) is 17.2 Å². The Kier molecular flexibility index (Phi) is 8.51. The second kappa shape index (κ2) is 13.2. The van der Waals surface area contributed by atoms with Crippen LogP contribution in [0, 0.1) is 0 Å². The van der Waals surface area contributed by atoms with Gasteiger partial charge in [0.15, 0.2) is 0 Å². The Labute approximate surface area is 284 Å². The minimum atomic E-state index is -0.314. The van der Waals surface area contributed by atoms with E-state index in [0.717, 1.165) is 70.4 Å². The van der Waals surface area contributed by atoms with E-state index in [1.165, 1.54) is 58.4 Å². The number of fused-ring (bicyclic) bond motifs is 2. The van der Waals surface area contributed by atoms with Gasteiger partial charge in [-0.1, -0.05) is 30.3 Å². The molecule has 8 rings (SSSR count). The third-order valence-electron chi connectivity index (χ3n) is 9.50. The van der Waals surface area contributed by atoms with E-state index in [1.807, 2.05) is 54.3 Å². The van der Waals surface area contributed by atoms with Crippen molar-refractivity contribution < 1.29 is 18.8 Å². The second-order valence-corrected chi connectivity index (χ2v) is 14.7. The van der Waals surface area contributed by atoms with Crippen LogP contribution in [0.2, 0.25) is 0 Å². The number of carbonyl (C=O) groups excluding carboxylic acids is 1. The molecule has 0 aliphatic carbocycles. The zero-order valence-electron chi connectivity index (χ0n) is 26.8. The maximum atomic E-state index is 13.2. The number of ether oxygens (including phenoxy) is 2. The van der Waals surface area contributed by atoms with Gasteiger partial charge in [0, 0.05) is 58.1 Å². The average Bonchev–Trinajstić information content (AvgIpc) is 3.83. The fourth-order valence-electron chi connectivity index (χ4n) is 7.11. The minimum Gasteiger partial charge on any atom is -0.462 e. The summed E-state index contributed by atoms with van der Waals surface area (Å²) in [6.45, 7) is 6.70. The number of hydrogen-bond donors (Lipinski definition) is 0. The summed E-state index contributed by atoms with van der Waals surface area (Å²) >= 11 is 3.70. The number of thiophene rings is 1. The van der Waals surface area contributed by atoms with Gasteiger partial charge in [-0.15, -0.1) is 11.3 Å². The van der Waals surface area contributed by atoms with Crippen LogP contribution in [-0.4, -0.2) is 48.4 Å². The molecule has 4 aromatic rings. The second-order valence-electron chi connectivity index (χ2n) is 12.5. The molecular weight excluding hydrogens is 621 g/mol. The van der Waals surface area contributed by atoms with Crippen molar-refractivity contribution in [3.05, 3.63) is 112 Å². The molecule has 7 heteroatoms. The van der Waals surface area contributed by atoms with Crippen molar-refractivity contribution in [2.75, 3.05) is 37.7 Å². The molecule has 1 aromatic heterocycles. The molecule has 5 nitrogen and oxygen atoms in total. The fraction of sp³-hybridized carbons (Fsp3) is 0.300. The van der Waals surface area contributed by atoms with Crippen molar-refractivity contribution in [3.8, 4) is 21.9 Å². The topological polar surface area (TPSA) is 41.8 Å². The lowest BCUT2D eigenvalue weighted by atomic mass is 9.89. The molecule has 2 fully saturated rings. The molecule has 0 N–H and O–H groups in total. The largest absolute Gasteiger partial charge is 0.462 e. The summed E-state index contributed by atoms with van der Waals surface area (Å²) in [5.41, 5.74) is 4.51. The van der Waals surface area contributed by atoms with Crippen molar-refractivity contribution in [2.45, 2.75) is 45.4 Å². The summed E-state index contributed by atoms with van der Waals surface area (Å²) in [5, 5.41) is 4.79. The monoisotopic (exact) mass is 659 g/mol. The molecule has 0 amide bonds. The van der Waals surface area contributed by atoms with Crippen molar-refractivity contribution >= 4 is 49.6 Å². The number of hydrogen-bond acceptors (Lipinski definition) is 6. The van der Waals surface area contributed by atoms with Crippen LogP contribution in [0.15, 0.2) is 84.9 Å². The van der Waals surface area contributed by atoms with E-state index in [0.29, 0.717) is 12.2 Å². The van der Waals surface area contributed by atoms with Gasteiger partial charge in [-0.05, 0) is 109 Å². The van der Waals surface area contributed by atoms with Gasteiger partial charge in [0.1, 0.15) is 24.6 Å². The molecule has 3 aromatic carbocycles. The molecule has 238 valence electrons. The van der Waals surface area contributed by atoms with E-state index in [4.69, 9.17) is 9.47 Å². The summed E-state index contributed by atoms with van der Waals surface area (Å²) in [4.78, 5) is 18.2. The summed E-state index contributed by atoms with van der Waals surface area (Å²) in [7, 11) is 0. The van der Waals surface area contributed by atoms with Crippen LogP contribution < -0.4 is 20.1 Å². The van der Waals surface area contributed by atoms with Crippen LogP contribution in [0.1, 0.15) is 66.9 Å². The zero-order chi connectivity index (χ0) is 31.7. The summed E-state index contributed by atoms with van der Waals surface area (Å²) in [5.74, 6) is 1.29. The molecule has 47 heavy (non-hydrogen) atoms. The Balaban J connectivity index is 1.25. The molecular formula is C40H39N2O3S2+. The predicted molar refractivity (Wildman–Crippen MR) is 195 cm³/mol. The van der Waals surface area contributed by atoms with Gasteiger partial charge < -0.3 is 14.4 Å². The van der Waals surface area contributed by atoms with Gasteiger partial charge in [-0.3, -0.25) is 0 Å². The Morgan fingerprint density at radius 1 is 0.851 bits per heavy atom. The first-order chi connectivity index (χ1) is 23.2. The maximum Gasteiger partial charge on any atom is 0.338 e. The Bertz CT molecular complexity index is 2040. The number of nitrogens with zero attached hydrogens (tertiary/aromatic N) is 2. The molecule has 0 atom stereocenters. The lowest BCUT2D eigenvalue weighted by Gasteiger charge is -2.27. The van der Waals surface area contributed by atoms with Crippen LogP contribution >= 0.6 is 23.1 Å². The van der Waals surface area contributed by atoms with E-state index in [1.54, 1.807) is 0 Å². The third-order valence-corrected chi connectivity index (χ3v) is 11.9. The molecule has 4 aliphatic heterocycles. The Morgan fingerprint density at radius 2 is 1.68 bits per heavy atom. The molecule has 5 heterocycles. The highest BCUT2D eigenvalue weighted by Gasteiger charge is 2.26. The van der Waals surface area contributed by atoms with Gasteiger partial charge in [-0.2, -0.15) is 0 Å². The molecule has 4 aliphatic rings. The van der Waals surface area contributed by atoms with Crippen LogP contribution in [0.4, 0.5) is 5.00 Å². The highest BCUT2D eigenvalue weighted by atomic mass is 32.2. The van der Waals surface area contributed by atoms with Gasteiger partial charge in [0.2, 0.25) is 5.04 Å². The third kappa shape index (κ3) is 5.96. The summed E-state index contributed by atoms with van der Waals surface area (Å²) < 4.78 is 14.8. The number of esters is 1. The zero-order valence-corrected chi connectivity index (χ0v) is 28.4. The number of benzene rings is 3. The Morgan fingerprint density at radius 3 is 2.53 bits per heavy atom. The van der Waals surface area contributed by atoms with Crippen LogP contribution in [0.5, 0.6) is 11.5 Å². The first kappa shape index (κ1) is 30.3. The first-order valence-electron chi connectivity index (χ1n) is 17.0. The molecule has 0 saturated carbocycles. The predicted octanol–water partition coefficient (Wildman–Crippen LogP) is 7.94. The first-order valence-corrected chi connectivity index (χ1v) is 18.6.